The van der Waals surface area contributed by atoms with Crippen LogP contribution in [0.15, 0.2) is 85.1 Å². The molecule has 1 rings (SSSR count). The van der Waals surface area contributed by atoms with Crippen molar-refractivity contribution in [1.29, 1.82) is 0 Å². The minimum atomic E-state index is -1.62. The first-order chi connectivity index (χ1) is 27.8. The summed E-state index contributed by atoms with van der Waals surface area (Å²) < 4.78 is 21.9. The van der Waals surface area contributed by atoms with Gasteiger partial charge in [0.1, 0.15) is 31.0 Å². The maximum absolute atomic E-state index is 12.7. The van der Waals surface area contributed by atoms with Gasteiger partial charge in [-0.05, 0) is 51.4 Å². The molecule has 324 valence electrons. The van der Waals surface area contributed by atoms with E-state index in [1.165, 1.54) is 76.4 Å². The normalized spacial score (nSPS) is 21.1. The first-order valence-corrected chi connectivity index (χ1v) is 21.7. The Kier molecular flexibility index (Phi) is 33.8. The van der Waals surface area contributed by atoms with Crippen LogP contribution in [0.1, 0.15) is 142 Å². The zero-order chi connectivity index (χ0) is 41.6. The van der Waals surface area contributed by atoms with Crippen LogP contribution in [0.2, 0.25) is 0 Å². The highest BCUT2D eigenvalue weighted by Crippen LogP contribution is 2.22. The van der Waals surface area contributed by atoms with Gasteiger partial charge in [0.05, 0.1) is 13.2 Å². The highest BCUT2D eigenvalue weighted by molar-refractivity contribution is 5.82. The predicted molar refractivity (Wildman–Crippen MR) is 228 cm³/mol. The Morgan fingerprint density at radius 1 is 0.596 bits per heavy atom. The van der Waals surface area contributed by atoms with E-state index in [4.69, 9.17) is 18.9 Å². The molecular formula is C47H76O10. The van der Waals surface area contributed by atoms with Crippen molar-refractivity contribution in [2.45, 2.75) is 179 Å². The minimum absolute atomic E-state index is 0.179. The van der Waals surface area contributed by atoms with Gasteiger partial charge in [-0.3, -0.25) is 4.79 Å². The van der Waals surface area contributed by atoms with Gasteiger partial charge in [0.2, 0.25) is 0 Å². The number of hydrogen-bond acceptors (Lipinski definition) is 10. The van der Waals surface area contributed by atoms with Crippen LogP contribution < -0.4 is 0 Å². The number of rotatable bonds is 34. The Bertz CT molecular complexity index is 1200. The van der Waals surface area contributed by atoms with E-state index in [-0.39, 0.29) is 19.6 Å². The maximum atomic E-state index is 12.7. The molecule has 0 spiro atoms. The van der Waals surface area contributed by atoms with Gasteiger partial charge in [0, 0.05) is 12.5 Å². The van der Waals surface area contributed by atoms with Crippen LogP contribution in [0.5, 0.6) is 0 Å². The van der Waals surface area contributed by atoms with E-state index in [0.717, 1.165) is 51.4 Å². The number of carbonyl (C=O) groups is 2. The van der Waals surface area contributed by atoms with Crippen molar-refractivity contribution in [3.8, 4) is 0 Å². The lowest BCUT2D eigenvalue weighted by atomic mass is 9.99. The zero-order valence-electron chi connectivity index (χ0n) is 35.0. The number of allylic oxidation sites excluding steroid dienone is 13. The average Bonchev–Trinajstić information content (AvgIpc) is 3.21. The predicted octanol–water partition coefficient (Wildman–Crippen LogP) is 8.99. The van der Waals surface area contributed by atoms with Crippen molar-refractivity contribution < 1.29 is 49.0 Å². The summed E-state index contributed by atoms with van der Waals surface area (Å²) in [7, 11) is 0. The second-order valence-electron chi connectivity index (χ2n) is 14.6. The van der Waals surface area contributed by atoms with Gasteiger partial charge >= 0.3 is 11.9 Å². The molecule has 0 radical (unpaired) electrons. The molecule has 1 aliphatic rings. The van der Waals surface area contributed by atoms with Gasteiger partial charge in [-0.15, -0.1) is 0 Å². The summed E-state index contributed by atoms with van der Waals surface area (Å²) in [5, 5.41) is 40.0. The largest absolute Gasteiger partial charge is 0.458 e. The summed E-state index contributed by atoms with van der Waals surface area (Å²) in [6.07, 6.45) is 40.8. The summed E-state index contributed by atoms with van der Waals surface area (Å²) >= 11 is 0. The Labute approximate surface area is 344 Å². The number of carbonyl (C=O) groups excluding carboxylic acids is 2. The van der Waals surface area contributed by atoms with Crippen molar-refractivity contribution >= 4 is 11.9 Å². The van der Waals surface area contributed by atoms with Crippen molar-refractivity contribution in [3.05, 3.63) is 85.1 Å². The molecule has 0 bridgehead atoms. The molecule has 0 aromatic rings. The van der Waals surface area contributed by atoms with E-state index in [1.807, 2.05) is 24.3 Å². The van der Waals surface area contributed by atoms with E-state index in [2.05, 4.69) is 50.3 Å². The van der Waals surface area contributed by atoms with Crippen molar-refractivity contribution in [3.63, 3.8) is 0 Å². The van der Waals surface area contributed by atoms with E-state index >= 15 is 0 Å². The Morgan fingerprint density at radius 2 is 1.12 bits per heavy atom. The molecule has 0 aromatic heterocycles. The van der Waals surface area contributed by atoms with Gasteiger partial charge in [0.15, 0.2) is 12.4 Å². The second-order valence-corrected chi connectivity index (χ2v) is 14.6. The number of hydrogen-bond donors (Lipinski definition) is 4. The first kappa shape index (κ1) is 51.9. The fourth-order valence-electron chi connectivity index (χ4n) is 5.99. The third-order valence-corrected chi connectivity index (χ3v) is 9.46. The standard InChI is InChI=1S/C47H76O10/c1-3-5-7-9-11-13-15-17-19-20-22-23-25-27-29-31-33-35-42(49)54-38-40(39-55-47-46(53)45(52)44(51)41(37-48)57-47)56-43(50)36-34-32-30-28-26-24-21-18-16-14-12-10-8-6-4-2/h12,14,18-23,25,27,29,31,33,35,40-41,44-48,51-53H,3-11,13,15-17,24,26,28,30,32,34,36-39H2,1-2H3/b14-12-,20-19?,21-18-,23-22?,27-25?,31-29?,35-33?/t40?,41-,44+,45+,46+,47-/m1/s1. The van der Waals surface area contributed by atoms with Crippen molar-refractivity contribution in [2.75, 3.05) is 19.8 Å². The summed E-state index contributed by atoms with van der Waals surface area (Å²) in [4.78, 5) is 25.1. The lowest BCUT2D eigenvalue weighted by molar-refractivity contribution is -0.305. The van der Waals surface area contributed by atoms with E-state index in [0.29, 0.717) is 6.42 Å². The molecule has 1 heterocycles. The third kappa shape index (κ3) is 28.9. The molecule has 0 amide bonds. The molecule has 10 nitrogen and oxygen atoms in total. The molecular weight excluding hydrogens is 725 g/mol. The van der Waals surface area contributed by atoms with Crippen LogP contribution in [0, 0.1) is 0 Å². The van der Waals surface area contributed by atoms with E-state index in [1.54, 1.807) is 12.2 Å². The molecule has 57 heavy (non-hydrogen) atoms. The number of aliphatic hydroxyl groups excluding tert-OH is 4. The van der Waals surface area contributed by atoms with E-state index < -0.39 is 55.4 Å². The van der Waals surface area contributed by atoms with Gasteiger partial charge in [-0.25, -0.2) is 4.79 Å². The lowest BCUT2D eigenvalue weighted by Crippen LogP contribution is -2.59. The maximum Gasteiger partial charge on any atom is 0.330 e. The van der Waals surface area contributed by atoms with Crippen LogP contribution in [-0.4, -0.2) is 89.0 Å². The quantitative estimate of drug-likeness (QED) is 0.0163. The Hall–Kier alpha value is -3.12. The summed E-state index contributed by atoms with van der Waals surface area (Å²) in [5.74, 6) is -1.14. The van der Waals surface area contributed by atoms with Crippen LogP contribution in [0.3, 0.4) is 0 Å². The molecule has 1 fully saturated rings. The van der Waals surface area contributed by atoms with Gasteiger partial charge < -0.3 is 39.4 Å². The van der Waals surface area contributed by atoms with Gasteiger partial charge in [0.25, 0.3) is 0 Å². The molecule has 1 saturated heterocycles. The smallest absolute Gasteiger partial charge is 0.330 e. The first-order valence-electron chi connectivity index (χ1n) is 21.7. The van der Waals surface area contributed by atoms with Crippen molar-refractivity contribution in [2.24, 2.45) is 0 Å². The zero-order valence-corrected chi connectivity index (χ0v) is 35.0. The third-order valence-electron chi connectivity index (χ3n) is 9.46. The number of aliphatic hydroxyl groups is 4. The molecule has 0 aromatic carbocycles. The molecule has 1 unspecified atom stereocenters. The fourth-order valence-corrected chi connectivity index (χ4v) is 5.99. The van der Waals surface area contributed by atoms with Crippen molar-refractivity contribution in [1.82, 2.24) is 0 Å². The monoisotopic (exact) mass is 801 g/mol. The number of esters is 2. The SMILES string of the molecule is CCCCC/C=C\C/C=C\CCCCCCCC(=O)OC(COC(=O)C=CC=CC=CC=CC=CCCCCCCCCC)CO[C@@H]1O[C@H](CO)[C@H](O)[C@H](O)[C@@H]1O. The molecule has 1 aliphatic heterocycles. The molecule has 10 heteroatoms. The highest BCUT2D eigenvalue weighted by Gasteiger charge is 2.44. The molecule has 0 aliphatic carbocycles. The Morgan fingerprint density at radius 3 is 1.75 bits per heavy atom. The molecule has 6 atom stereocenters. The average molecular weight is 801 g/mol. The molecule has 4 N–H and O–H groups in total. The summed E-state index contributed by atoms with van der Waals surface area (Å²) in [6, 6.07) is 0. The Balaban J connectivity index is 2.48. The second kappa shape index (κ2) is 37.2. The number of unbranched alkanes of at least 4 members (excludes halogenated alkanes) is 15. The van der Waals surface area contributed by atoms with Crippen LogP contribution in [0.25, 0.3) is 0 Å². The van der Waals surface area contributed by atoms with E-state index in [9.17, 15) is 30.0 Å². The van der Waals surface area contributed by atoms with Crippen LogP contribution in [0.4, 0.5) is 0 Å². The van der Waals surface area contributed by atoms with Gasteiger partial charge in [-0.2, -0.15) is 0 Å². The summed E-state index contributed by atoms with van der Waals surface area (Å²) in [5.41, 5.74) is 0. The highest BCUT2D eigenvalue weighted by atomic mass is 16.7. The minimum Gasteiger partial charge on any atom is -0.458 e. The lowest BCUT2D eigenvalue weighted by Gasteiger charge is -2.39. The number of ether oxygens (including phenoxy) is 4. The topological polar surface area (TPSA) is 152 Å². The summed E-state index contributed by atoms with van der Waals surface area (Å²) in [6.45, 7) is 3.18. The molecule has 0 saturated carbocycles. The van der Waals surface area contributed by atoms with Crippen LogP contribution in [-0.2, 0) is 28.5 Å². The van der Waals surface area contributed by atoms with Gasteiger partial charge in [-0.1, -0.05) is 163 Å². The fraction of sp³-hybridized carbons (Fsp3) is 0.660. The van der Waals surface area contributed by atoms with Crippen LogP contribution >= 0.6 is 0 Å².